The van der Waals surface area contributed by atoms with Crippen molar-refractivity contribution in [2.75, 3.05) is 23.3 Å². The van der Waals surface area contributed by atoms with E-state index in [1.165, 1.54) is 24.9 Å². The van der Waals surface area contributed by atoms with Gasteiger partial charge in [0.1, 0.15) is 5.82 Å². The minimum atomic E-state index is 0.251. The van der Waals surface area contributed by atoms with Gasteiger partial charge in [0, 0.05) is 29.9 Å². The number of para-hydroxylation sites is 1. The number of nitrogens with one attached hydrogen (secondary N) is 1. The zero-order chi connectivity index (χ0) is 16.4. The first-order chi connectivity index (χ1) is 11.8. The van der Waals surface area contributed by atoms with E-state index >= 15 is 0 Å². The van der Waals surface area contributed by atoms with Gasteiger partial charge in [-0.2, -0.15) is 4.98 Å². The number of anilines is 3. The van der Waals surface area contributed by atoms with Crippen molar-refractivity contribution in [2.24, 2.45) is 0 Å². The molecule has 0 unspecified atom stereocenters. The second-order valence-corrected chi connectivity index (χ2v) is 6.42. The Balaban J connectivity index is 1.59. The molecule has 24 heavy (non-hydrogen) atoms. The van der Waals surface area contributed by atoms with E-state index in [9.17, 15) is 0 Å². The Morgan fingerprint density at radius 2 is 1.62 bits per heavy atom. The maximum atomic E-state index is 6.05. The third-order valence-corrected chi connectivity index (χ3v) is 4.60. The zero-order valence-corrected chi connectivity index (χ0v) is 14.1. The van der Waals surface area contributed by atoms with Crippen LogP contribution in [-0.4, -0.2) is 23.1 Å². The summed E-state index contributed by atoms with van der Waals surface area (Å²) in [4.78, 5) is 11.1. The van der Waals surface area contributed by atoms with Gasteiger partial charge >= 0.3 is 0 Å². The molecule has 1 aliphatic heterocycles. The number of fused-ring (bicyclic) bond motifs is 1. The van der Waals surface area contributed by atoms with Gasteiger partial charge in [-0.05, 0) is 67.3 Å². The molecule has 1 saturated heterocycles. The van der Waals surface area contributed by atoms with Crippen LogP contribution in [0.2, 0.25) is 5.28 Å². The van der Waals surface area contributed by atoms with Gasteiger partial charge in [-0.25, -0.2) is 4.98 Å². The summed E-state index contributed by atoms with van der Waals surface area (Å²) < 4.78 is 0. The van der Waals surface area contributed by atoms with E-state index < -0.39 is 0 Å². The van der Waals surface area contributed by atoms with Gasteiger partial charge in [0.25, 0.3) is 0 Å². The van der Waals surface area contributed by atoms with Gasteiger partial charge in [0.05, 0.1) is 5.52 Å². The number of aromatic nitrogens is 2. The summed E-state index contributed by atoms with van der Waals surface area (Å²) in [7, 11) is 0. The number of rotatable bonds is 3. The Labute approximate surface area is 146 Å². The molecule has 1 aliphatic rings. The highest BCUT2D eigenvalue weighted by Crippen LogP contribution is 2.27. The highest BCUT2D eigenvalue weighted by atomic mass is 35.5. The van der Waals surface area contributed by atoms with Gasteiger partial charge in [0.15, 0.2) is 0 Å². The predicted molar refractivity (Wildman–Crippen MR) is 100 cm³/mol. The molecule has 1 fully saturated rings. The smallest absolute Gasteiger partial charge is 0.224 e. The van der Waals surface area contributed by atoms with E-state index in [-0.39, 0.29) is 5.28 Å². The topological polar surface area (TPSA) is 41.1 Å². The number of piperidine rings is 1. The van der Waals surface area contributed by atoms with Gasteiger partial charge < -0.3 is 10.2 Å². The Hall–Kier alpha value is -2.33. The van der Waals surface area contributed by atoms with E-state index in [0.29, 0.717) is 0 Å². The minimum Gasteiger partial charge on any atom is -0.372 e. The average molecular weight is 339 g/mol. The lowest BCUT2D eigenvalue weighted by Gasteiger charge is -2.28. The Kier molecular flexibility index (Phi) is 4.22. The summed E-state index contributed by atoms with van der Waals surface area (Å²) in [5, 5.41) is 4.58. The third-order valence-electron chi connectivity index (χ3n) is 4.43. The molecule has 0 bridgehead atoms. The molecule has 2 aromatic carbocycles. The van der Waals surface area contributed by atoms with Crippen LogP contribution in [0, 0.1) is 0 Å². The predicted octanol–water partition coefficient (Wildman–Crippen LogP) is 5.02. The van der Waals surface area contributed by atoms with Crippen molar-refractivity contribution in [3.8, 4) is 0 Å². The Bertz CT molecular complexity index is 842. The van der Waals surface area contributed by atoms with Crippen molar-refractivity contribution in [2.45, 2.75) is 19.3 Å². The van der Waals surface area contributed by atoms with Crippen LogP contribution in [0.15, 0.2) is 48.5 Å². The molecule has 1 N–H and O–H groups in total. The van der Waals surface area contributed by atoms with Crippen molar-refractivity contribution in [3.63, 3.8) is 0 Å². The van der Waals surface area contributed by atoms with Crippen LogP contribution >= 0.6 is 11.6 Å². The summed E-state index contributed by atoms with van der Waals surface area (Å²) >= 11 is 6.05. The number of hydrogen-bond donors (Lipinski definition) is 1. The lowest BCUT2D eigenvalue weighted by Crippen LogP contribution is -2.29. The molecule has 4 rings (SSSR count). The fourth-order valence-corrected chi connectivity index (χ4v) is 3.36. The monoisotopic (exact) mass is 338 g/mol. The highest BCUT2D eigenvalue weighted by molar-refractivity contribution is 6.28. The molecule has 0 atom stereocenters. The molecular formula is C19H19ClN4. The van der Waals surface area contributed by atoms with Crippen molar-refractivity contribution in [1.29, 1.82) is 0 Å². The average Bonchev–Trinajstić information content (AvgIpc) is 2.63. The van der Waals surface area contributed by atoms with Crippen LogP contribution in [0.1, 0.15) is 19.3 Å². The molecule has 0 radical (unpaired) electrons. The molecule has 0 saturated carbocycles. The molecule has 0 aliphatic carbocycles. The SMILES string of the molecule is Clc1nc(Nc2ccc(N3CCCCC3)cc2)c2ccccc2n1. The second-order valence-electron chi connectivity index (χ2n) is 6.08. The fourth-order valence-electron chi connectivity index (χ4n) is 3.19. The van der Waals surface area contributed by atoms with Crippen LogP contribution < -0.4 is 10.2 Å². The van der Waals surface area contributed by atoms with Gasteiger partial charge in [-0.15, -0.1) is 0 Å². The molecule has 3 aromatic rings. The van der Waals surface area contributed by atoms with Crippen molar-refractivity contribution >= 4 is 39.7 Å². The molecular weight excluding hydrogens is 320 g/mol. The van der Waals surface area contributed by atoms with E-state index in [0.717, 1.165) is 35.5 Å². The second kappa shape index (κ2) is 6.65. The van der Waals surface area contributed by atoms with E-state index in [2.05, 4.69) is 44.5 Å². The summed E-state index contributed by atoms with van der Waals surface area (Å²) in [6.07, 6.45) is 3.91. The zero-order valence-electron chi connectivity index (χ0n) is 13.4. The van der Waals surface area contributed by atoms with E-state index in [4.69, 9.17) is 11.6 Å². The summed E-state index contributed by atoms with van der Waals surface area (Å²) in [5.41, 5.74) is 3.12. The summed E-state index contributed by atoms with van der Waals surface area (Å²) in [6, 6.07) is 16.4. The minimum absolute atomic E-state index is 0.251. The Morgan fingerprint density at radius 1 is 0.875 bits per heavy atom. The fraction of sp³-hybridized carbons (Fsp3) is 0.263. The molecule has 0 amide bonds. The molecule has 0 spiro atoms. The van der Waals surface area contributed by atoms with Crippen LogP contribution in [0.3, 0.4) is 0 Å². The first-order valence-corrected chi connectivity index (χ1v) is 8.72. The number of hydrogen-bond acceptors (Lipinski definition) is 4. The molecule has 122 valence electrons. The third kappa shape index (κ3) is 3.15. The Morgan fingerprint density at radius 3 is 2.42 bits per heavy atom. The van der Waals surface area contributed by atoms with Crippen molar-refractivity contribution in [3.05, 3.63) is 53.8 Å². The number of halogens is 1. The molecule has 2 heterocycles. The number of nitrogens with zero attached hydrogens (tertiary/aromatic N) is 3. The van der Waals surface area contributed by atoms with Crippen molar-refractivity contribution in [1.82, 2.24) is 9.97 Å². The summed E-state index contributed by atoms with van der Waals surface area (Å²) in [6.45, 7) is 2.30. The maximum Gasteiger partial charge on any atom is 0.224 e. The molecule has 5 heteroatoms. The normalized spacial score (nSPS) is 14.8. The van der Waals surface area contributed by atoms with E-state index in [1.807, 2.05) is 24.3 Å². The van der Waals surface area contributed by atoms with Crippen LogP contribution in [-0.2, 0) is 0 Å². The van der Waals surface area contributed by atoms with Crippen LogP contribution in [0.25, 0.3) is 10.9 Å². The van der Waals surface area contributed by atoms with Gasteiger partial charge in [-0.1, -0.05) is 12.1 Å². The highest BCUT2D eigenvalue weighted by Gasteiger charge is 2.11. The largest absolute Gasteiger partial charge is 0.372 e. The van der Waals surface area contributed by atoms with Crippen LogP contribution in [0.5, 0.6) is 0 Å². The quantitative estimate of drug-likeness (QED) is 0.681. The lowest BCUT2D eigenvalue weighted by atomic mass is 10.1. The maximum absolute atomic E-state index is 6.05. The first kappa shape index (κ1) is 15.2. The standard InChI is InChI=1S/C19H19ClN4/c20-19-22-17-7-3-2-6-16(17)18(23-19)21-14-8-10-15(11-9-14)24-12-4-1-5-13-24/h2-3,6-11H,1,4-5,12-13H2,(H,21,22,23). The lowest BCUT2D eigenvalue weighted by molar-refractivity contribution is 0.578. The summed E-state index contributed by atoms with van der Waals surface area (Å²) in [5.74, 6) is 0.733. The number of benzene rings is 2. The first-order valence-electron chi connectivity index (χ1n) is 8.34. The molecule has 4 nitrogen and oxygen atoms in total. The van der Waals surface area contributed by atoms with Crippen molar-refractivity contribution < 1.29 is 0 Å². The van der Waals surface area contributed by atoms with E-state index in [1.54, 1.807) is 0 Å². The van der Waals surface area contributed by atoms with Gasteiger partial charge in [-0.3, -0.25) is 0 Å². The molecule has 1 aromatic heterocycles. The van der Waals surface area contributed by atoms with Gasteiger partial charge in [0.2, 0.25) is 5.28 Å². The van der Waals surface area contributed by atoms with Crippen LogP contribution in [0.4, 0.5) is 17.2 Å².